The number of rotatable bonds is 3. The van der Waals surface area contributed by atoms with E-state index < -0.39 is 5.41 Å². The fraction of sp³-hybridized carbons (Fsp3) is 0.100. The van der Waals surface area contributed by atoms with Crippen LogP contribution in [-0.4, -0.2) is 10.2 Å². The van der Waals surface area contributed by atoms with Gasteiger partial charge < -0.3 is 10.2 Å². The Hall–Kier alpha value is -2.16. The highest BCUT2D eigenvalue weighted by molar-refractivity contribution is 6.33. The molecular weight excluding hydrogens is 343 g/mol. The Morgan fingerprint density at radius 3 is 1.62 bits per heavy atom. The maximum Gasteiger partial charge on any atom is 0.115 e. The summed E-state index contributed by atoms with van der Waals surface area (Å²) in [7, 11) is 0. The fourth-order valence-corrected chi connectivity index (χ4v) is 3.43. The zero-order valence-corrected chi connectivity index (χ0v) is 14.5. The third-order valence-corrected chi connectivity index (χ3v) is 4.92. The maximum absolute atomic E-state index is 9.62. The average Bonchev–Trinajstić information content (AvgIpc) is 2.57. The van der Waals surface area contributed by atoms with Crippen molar-refractivity contribution in [1.82, 2.24) is 0 Å². The second-order valence-electron chi connectivity index (χ2n) is 5.84. The van der Waals surface area contributed by atoms with Crippen molar-refractivity contribution in [2.75, 3.05) is 0 Å². The predicted octanol–water partition coefficient (Wildman–Crippen LogP) is 5.76. The van der Waals surface area contributed by atoms with Crippen LogP contribution in [0.25, 0.3) is 0 Å². The molecule has 0 atom stereocenters. The molecule has 2 N–H and O–H groups in total. The summed E-state index contributed by atoms with van der Waals surface area (Å²) in [5.74, 6) is 0.396. The van der Waals surface area contributed by atoms with Crippen LogP contribution in [0.1, 0.15) is 23.6 Å². The number of hydrogen-bond donors (Lipinski definition) is 2. The topological polar surface area (TPSA) is 40.5 Å². The first-order chi connectivity index (χ1) is 11.4. The van der Waals surface area contributed by atoms with Crippen molar-refractivity contribution in [3.8, 4) is 11.5 Å². The fourth-order valence-electron chi connectivity index (χ4n) is 2.95. The highest BCUT2D eigenvalue weighted by atomic mass is 35.5. The molecule has 0 bridgehead atoms. The molecule has 0 saturated carbocycles. The van der Waals surface area contributed by atoms with Gasteiger partial charge in [-0.1, -0.05) is 47.5 Å². The lowest BCUT2D eigenvalue weighted by Crippen LogP contribution is -2.25. The number of phenols is 2. The summed E-state index contributed by atoms with van der Waals surface area (Å²) in [6, 6.07) is 19.4. The van der Waals surface area contributed by atoms with Crippen LogP contribution in [-0.2, 0) is 5.41 Å². The number of benzene rings is 3. The molecule has 0 unspecified atom stereocenters. The van der Waals surface area contributed by atoms with E-state index in [1.54, 1.807) is 36.4 Å². The molecular formula is C20H16Cl2O2. The van der Waals surface area contributed by atoms with Crippen molar-refractivity contribution in [1.29, 1.82) is 0 Å². The van der Waals surface area contributed by atoms with Gasteiger partial charge in [0.15, 0.2) is 0 Å². The average molecular weight is 359 g/mol. The van der Waals surface area contributed by atoms with E-state index in [1.807, 2.05) is 37.3 Å². The first-order valence-electron chi connectivity index (χ1n) is 7.46. The minimum Gasteiger partial charge on any atom is -0.508 e. The first-order valence-corrected chi connectivity index (χ1v) is 8.21. The monoisotopic (exact) mass is 358 g/mol. The first kappa shape index (κ1) is 16.7. The molecule has 0 aromatic heterocycles. The normalized spacial score (nSPS) is 11.5. The van der Waals surface area contributed by atoms with E-state index in [0.29, 0.717) is 10.0 Å². The highest BCUT2D eigenvalue weighted by Crippen LogP contribution is 2.43. The van der Waals surface area contributed by atoms with Gasteiger partial charge in [0, 0.05) is 15.5 Å². The van der Waals surface area contributed by atoms with E-state index in [1.165, 1.54) is 0 Å². The predicted molar refractivity (Wildman–Crippen MR) is 98.2 cm³/mol. The van der Waals surface area contributed by atoms with Crippen molar-refractivity contribution in [3.63, 3.8) is 0 Å². The van der Waals surface area contributed by atoms with E-state index in [-0.39, 0.29) is 11.5 Å². The van der Waals surface area contributed by atoms with E-state index in [9.17, 15) is 10.2 Å². The van der Waals surface area contributed by atoms with Gasteiger partial charge in [0.05, 0.1) is 0 Å². The molecule has 2 nitrogen and oxygen atoms in total. The molecule has 24 heavy (non-hydrogen) atoms. The molecule has 0 aliphatic rings. The van der Waals surface area contributed by atoms with Crippen molar-refractivity contribution >= 4 is 23.2 Å². The third kappa shape index (κ3) is 2.95. The summed E-state index contributed by atoms with van der Waals surface area (Å²) < 4.78 is 0. The Morgan fingerprint density at radius 1 is 0.708 bits per heavy atom. The van der Waals surface area contributed by atoms with E-state index in [2.05, 4.69) is 0 Å². The number of hydrogen-bond acceptors (Lipinski definition) is 2. The molecule has 122 valence electrons. The molecule has 0 aliphatic heterocycles. The summed E-state index contributed by atoms with van der Waals surface area (Å²) in [5, 5.41) is 20.4. The van der Waals surface area contributed by atoms with Crippen LogP contribution < -0.4 is 0 Å². The molecule has 0 radical (unpaired) electrons. The van der Waals surface area contributed by atoms with Gasteiger partial charge in [-0.3, -0.25) is 0 Å². The van der Waals surface area contributed by atoms with Crippen LogP contribution in [0.2, 0.25) is 10.0 Å². The number of aromatic hydroxyl groups is 2. The van der Waals surface area contributed by atoms with Gasteiger partial charge in [0.2, 0.25) is 0 Å². The van der Waals surface area contributed by atoms with Gasteiger partial charge in [-0.25, -0.2) is 0 Å². The summed E-state index contributed by atoms with van der Waals surface area (Å²) in [5.41, 5.74) is 2.17. The van der Waals surface area contributed by atoms with Crippen LogP contribution in [0, 0.1) is 0 Å². The standard InChI is InChI=1S/C20H16Cl2O2/c1-20(13-2-7-16(23)8-3-13,14-4-9-17(24)10-5-14)18-12-15(21)6-11-19(18)22/h2-12,23-24H,1H3. The summed E-state index contributed by atoms with van der Waals surface area (Å²) >= 11 is 12.7. The Bertz CT molecular complexity index is 810. The zero-order chi connectivity index (χ0) is 17.3. The Labute approximate surface area is 150 Å². The lowest BCUT2D eigenvalue weighted by Gasteiger charge is -2.33. The lowest BCUT2D eigenvalue weighted by atomic mass is 9.71. The molecule has 4 heteroatoms. The lowest BCUT2D eigenvalue weighted by molar-refractivity contribution is 0.474. The summed E-state index contributed by atoms with van der Waals surface area (Å²) in [4.78, 5) is 0. The smallest absolute Gasteiger partial charge is 0.115 e. The van der Waals surface area contributed by atoms with E-state index >= 15 is 0 Å². The van der Waals surface area contributed by atoms with Crippen molar-refractivity contribution in [2.45, 2.75) is 12.3 Å². The van der Waals surface area contributed by atoms with Gasteiger partial charge in [0.1, 0.15) is 11.5 Å². The van der Waals surface area contributed by atoms with Crippen LogP contribution in [0.5, 0.6) is 11.5 Å². The quantitative estimate of drug-likeness (QED) is 0.584. The van der Waals surface area contributed by atoms with Gasteiger partial charge in [-0.15, -0.1) is 0 Å². The zero-order valence-electron chi connectivity index (χ0n) is 13.0. The Balaban J connectivity index is 2.29. The maximum atomic E-state index is 9.62. The largest absolute Gasteiger partial charge is 0.508 e. The molecule has 0 amide bonds. The molecule has 0 heterocycles. The van der Waals surface area contributed by atoms with E-state index in [0.717, 1.165) is 16.7 Å². The van der Waals surface area contributed by atoms with Gasteiger partial charge >= 0.3 is 0 Å². The van der Waals surface area contributed by atoms with Crippen LogP contribution in [0.15, 0.2) is 66.7 Å². The minimum absolute atomic E-state index is 0.198. The number of halogens is 2. The Kier molecular flexibility index (Phi) is 4.44. The van der Waals surface area contributed by atoms with Gasteiger partial charge in [-0.05, 0) is 66.1 Å². The SMILES string of the molecule is CC(c1ccc(O)cc1)(c1ccc(O)cc1)c1cc(Cl)ccc1Cl. The Morgan fingerprint density at radius 2 is 1.17 bits per heavy atom. The molecule has 0 fully saturated rings. The van der Waals surface area contributed by atoms with Gasteiger partial charge in [0.25, 0.3) is 0 Å². The van der Waals surface area contributed by atoms with Crippen LogP contribution in [0.4, 0.5) is 0 Å². The van der Waals surface area contributed by atoms with Crippen LogP contribution in [0.3, 0.4) is 0 Å². The molecule has 3 rings (SSSR count). The van der Waals surface area contributed by atoms with Crippen molar-refractivity contribution in [2.24, 2.45) is 0 Å². The molecule has 0 saturated heterocycles. The van der Waals surface area contributed by atoms with Crippen molar-refractivity contribution in [3.05, 3.63) is 93.5 Å². The molecule has 0 spiro atoms. The van der Waals surface area contributed by atoms with Crippen molar-refractivity contribution < 1.29 is 10.2 Å². The number of phenolic OH excluding ortho intramolecular Hbond substituents is 2. The molecule has 3 aromatic rings. The third-order valence-electron chi connectivity index (χ3n) is 4.36. The summed E-state index contributed by atoms with van der Waals surface area (Å²) in [6.07, 6.45) is 0. The minimum atomic E-state index is -0.594. The summed E-state index contributed by atoms with van der Waals surface area (Å²) in [6.45, 7) is 2.04. The van der Waals surface area contributed by atoms with Gasteiger partial charge in [-0.2, -0.15) is 0 Å². The highest BCUT2D eigenvalue weighted by Gasteiger charge is 2.33. The van der Waals surface area contributed by atoms with Crippen LogP contribution >= 0.6 is 23.2 Å². The second kappa shape index (κ2) is 6.39. The second-order valence-corrected chi connectivity index (χ2v) is 6.69. The molecule has 3 aromatic carbocycles. The van der Waals surface area contributed by atoms with E-state index in [4.69, 9.17) is 23.2 Å². The molecule has 0 aliphatic carbocycles.